The number of nitrogens with one attached hydrogen (secondary N) is 2. The maximum atomic E-state index is 11.7. The number of nitro groups is 1. The number of rotatable bonds is 6. The van der Waals surface area contributed by atoms with Crippen LogP contribution in [0.1, 0.15) is 17.3 Å². The number of nitrogens with zero attached hydrogens (tertiary/aromatic N) is 5. The van der Waals surface area contributed by atoms with Crippen molar-refractivity contribution in [1.82, 2.24) is 19.9 Å². The van der Waals surface area contributed by atoms with Gasteiger partial charge in [0.1, 0.15) is 6.33 Å². The smallest absolute Gasteiger partial charge is 0.334 e. The van der Waals surface area contributed by atoms with Crippen LogP contribution in [0.2, 0.25) is 0 Å². The molecule has 1 aliphatic rings. The van der Waals surface area contributed by atoms with Gasteiger partial charge >= 0.3 is 5.69 Å². The summed E-state index contributed by atoms with van der Waals surface area (Å²) < 4.78 is 0. The van der Waals surface area contributed by atoms with Crippen molar-refractivity contribution >= 4 is 28.8 Å². The molecule has 0 amide bonds. The van der Waals surface area contributed by atoms with E-state index in [9.17, 15) is 14.9 Å². The molecule has 0 aliphatic carbocycles. The van der Waals surface area contributed by atoms with Gasteiger partial charge in [0.25, 0.3) is 0 Å². The first-order valence-corrected chi connectivity index (χ1v) is 8.51. The number of anilines is 3. The van der Waals surface area contributed by atoms with Crippen molar-refractivity contribution in [3.63, 3.8) is 0 Å². The number of carbonyl (C=O) groups is 1. The zero-order valence-electron chi connectivity index (χ0n) is 15.2. The van der Waals surface area contributed by atoms with Crippen LogP contribution in [0, 0.1) is 10.1 Å². The normalized spacial score (nSPS) is 15.3. The number of likely N-dealkylation sites (N-methyl/N-ethyl adjacent to an activating group) is 1. The Morgan fingerprint density at radius 3 is 2.56 bits per heavy atom. The van der Waals surface area contributed by atoms with Gasteiger partial charge in [-0.05, 0) is 26.1 Å². The zero-order chi connectivity index (χ0) is 19.4. The van der Waals surface area contributed by atoms with Gasteiger partial charge in [-0.1, -0.05) is 12.1 Å². The molecule has 0 saturated carbocycles. The number of hydrogen-bond donors (Lipinski definition) is 2. The minimum atomic E-state index is -0.518. The van der Waals surface area contributed by atoms with E-state index in [0.717, 1.165) is 26.2 Å². The Kier molecular flexibility index (Phi) is 5.57. The van der Waals surface area contributed by atoms with Crippen LogP contribution in [0.15, 0.2) is 30.6 Å². The number of hydrogen-bond acceptors (Lipinski definition) is 9. The third-order valence-electron chi connectivity index (χ3n) is 4.30. The van der Waals surface area contributed by atoms with Gasteiger partial charge in [-0.25, -0.2) is 15.0 Å². The van der Waals surface area contributed by atoms with E-state index in [1.165, 1.54) is 13.3 Å². The minimum absolute atomic E-state index is 0.0623. The summed E-state index contributed by atoms with van der Waals surface area (Å²) in [4.78, 5) is 32.9. The van der Waals surface area contributed by atoms with Crippen molar-refractivity contribution in [1.29, 1.82) is 0 Å². The van der Waals surface area contributed by atoms with E-state index in [2.05, 4.69) is 25.6 Å². The number of ketones is 1. The average Bonchev–Trinajstić information content (AvgIpc) is 2.64. The van der Waals surface area contributed by atoms with Gasteiger partial charge in [-0.2, -0.15) is 0 Å². The van der Waals surface area contributed by atoms with Gasteiger partial charge in [0.05, 0.1) is 4.92 Å². The lowest BCUT2D eigenvalue weighted by Gasteiger charge is -2.32. The number of aromatic nitrogens is 2. The third-order valence-corrected chi connectivity index (χ3v) is 4.30. The van der Waals surface area contributed by atoms with Crippen LogP contribution < -0.4 is 10.7 Å². The van der Waals surface area contributed by atoms with Crippen LogP contribution in [0.5, 0.6) is 0 Å². The fourth-order valence-electron chi connectivity index (χ4n) is 2.75. The zero-order valence-corrected chi connectivity index (χ0v) is 15.2. The highest BCUT2D eigenvalue weighted by Gasteiger charge is 2.25. The molecule has 27 heavy (non-hydrogen) atoms. The first-order chi connectivity index (χ1) is 12.9. The lowest BCUT2D eigenvalue weighted by Crippen LogP contribution is -2.47. The van der Waals surface area contributed by atoms with E-state index in [-0.39, 0.29) is 23.1 Å². The fraction of sp³-hybridized carbons (Fsp3) is 0.353. The fourth-order valence-corrected chi connectivity index (χ4v) is 2.75. The minimum Gasteiger partial charge on any atom is -0.334 e. The summed E-state index contributed by atoms with van der Waals surface area (Å²) in [6.45, 7) is 4.62. The highest BCUT2D eigenvalue weighted by Crippen LogP contribution is 2.31. The molecule has 2 N–H and O–H groups in total. The summed E-state index contributed by atoms with van der Waals surface area (Å²) in [7, 11) is 2.03. The maximum Gasteiger partial charge on any atom is 0.354 e. The molecule has 1 fully saturated rings. The molecule has 0 spiro atoms. The molecule has 2 aromatic rings. The third kappa shape index (κ3) is 4.54. The molecule has 0 bridgehead atoms. The largest absolute Gasteiger partial charge is 0.354 e. The van der Waals surface area contributed by atoms with Crippen LogP contribution in [-0.2, 0) is 0 Å². The average molecular weight is 371 g/mol. The highest BCUT2D eigenvalue weighted by molar-refractivity contribution is 5.95. The lowest BCUT2D eigenvalue weighted by atomic mass is 10.1. The van der Waals surface area contributed by atoms with Crippen LogP contribution in [0.3, 0.4) is 0 Å². The molecule has 3 rings (SSSR count). The van der Waals surface area contributed by atoms with Crippen LogP contribution >= 0.6 is 0 Å². The van der Waals surface area contributed by atoms with E-state index >= 15 is 0 Å². The Bertz CT molecular complexity index is 850. The summed E-state index contributed by atoms with van der Waals surface area (Å²) >= 11 is 0. The van der Waals surface area contributed by atoms with E-state index < -0.39 is 4.92 Å². The van der Waals surface area contributed by atoms with Gasteiger partial charge < -0.3 is 10.2 Å². The molecule has 2 heterocycles. The lowest BCUT2D eigenvalue weighted by molar-refractivity contribution is -0.383. The number of benzene rings is 1. The molecule has 1 aromatic heterocycles. The predicted molar refractivity (Wildman–Crippen MR) is 101 cm³/mol. The molecule has 0 radical (unpaired) electrons. The molecular formula is C17H21N7O3. The van der Waals surface area contributed by atoms with Crippen molar-refractivity contribution in [3.05, 3.63) is 46.3 Å². The summed E-state index contributed by atoms with van der Waals surface area (Å²) in [6.07, 6.45) is 1.27. The monoisotopic (exact) mass is 371 g/mol. The van der Waals surface area contributed by atoms with Gasteiger partial charge in [0.2, 0.25) is 11.6 Å². The van der Waals surface area contributed by atoms with Crippen LogP contribution in [-0.4, -0.2) is 63.8 Å². The highest BCUT2D eigenvalue weighted by atomic mass is 16.6. The van der Waals surface area contributed by atoms with Crippen molar-refractivity contribution in [3.8, 4) is 0 Å². The predicted octanol–water partition coefficient (Wildman–Crippen LogP) is 1.91. The molecule has 1 aromatic carbocycles. The molecule has 10 nitrogen and oxygen atoms in total. The first-order valence-electron chi connectivity index (χ1n) is 8.51. The summed E-state index contributed by atoms with van der Waals surface area (Å²) in [5.41, 5.74) is 3.83. The standard InChI is InChI=1S/C17H21N7O3/c1-12(25)13-4-3-5-14(10-13)20-16-15(24(26)27)17(19-11-18-16)21-23-8-6-22(2)7-9-23/h3-5,10-11H,6-9H2,1-2H3,(H2,18,19,20,21). The second-order valence-corrected chi connectivity index (χ2v) is 6.34. The number of Topliss-reactive ketones (excluding diaryl/α,β-unsaturated/α-hetero) is 1. The second-order valence-electron chi connectivity index (χ2n) is 6.34. The Morgan fingerprint density at radius 2 is 1.89 bits per heavy atom. The number of carbonyl (C=O) groups excluding carboxylic acids is 1. The van der Waals surface area contributed by atoms with E-state index in [4.69, 9.17) is 0 Å². The van der Waals surface area contributed by atoms with E-state index in [1.54, 1.807) is 24.3 Å². The Labute approximate surface area is 156 Å². The Balaban J connectivity index is 1.86. The van der Waals surface area contributed by atoms with Crippen LogP contribution in [0.4, 0.5) is 23.0 Å². The van der Waals surface area contributed by atoms with Gasteiger partial charge in [-0.3, -0.25) is 20.3 Å². The van der Waals surface area contributed by atoms with Gasteiger partial charge in [0, 0.05) is 37.4 Å². The molecule has 10 heteroatoms. The van der Waals surface area contributed by atoms with Crippen molar-refractivity contribution in [2.75, 3.05) is 44.0 Å². The second kappa shape index (κ2) is 8.06. The molecule has 1 aliphatic heterocycles. The first kappa shape index (κ1) is 18.7. The van der Waals surface area contributed by atoms with E-state index in [0.29, 0.717) is 11.3 Å². The van der Waals surface area contributed by atoms with Crippen molar-refractivity contribution in [2.24, 2.45) is 0 Å². The summed E-state index contributed by atoms with van der Waals surface area (Å²) in [6, 6.07) is 6.73. The van der Waals surface area contributed by atoms with Crippen LogP contribution in [0.25, 0.3) is 0 Å². The molecule has 0 atom stereocenters. The topological polar surface area (TPSA) is 117 Å². The SMILES string of the molecule is CC(=O)c1cccc(Nc2ncnc(NN3CCN(C)CC3)c2[N+](=O)[O-])c1. The summed E-state index contributed by atoms with van der Waals surface area (Å²) in [5, 5.41) is 16.5. The number of piperazine rings is 1. The number of hydrazine groups is 1. The van der Waals surface area contributed by atoms with Crippen molar-refractivity contribution in [2.45, 2.75) is 6.92 Å². The molecule has 142 valence electrons. The summed E-state index contributed by atoms with van der Waals surface area (Å²) in [5.74, 6) is 0.102. The van der Waals surface area contributed by atoms with Crippen molar-refractivity contribution < 1.29 is 9.72 Å². The Morgan fingerprint density at radius 1 is 1.19 bits per heavy atom. The maximum absolute atomic E-state index is 11.7. The molecular weight excluding hydrogens is 350 g/mol. The molecule has 1 saturated heterocycles. The quantitative estimate of drug-likeness (QED) is 0.446. The van der Waals surface area contributed by atoms with E-state index in [1.807, 2.05) is 12.1 Å². The van der Waals surface area contributed by atoms with Gasteiger partial charge in [-0.15, -0.1) is 0 Å². The molecule has 0 unspecified atom stereocenters. The Hall–Kier alpha value is -3.11. The van der Waals surface area contributed by atoms with Gasteiger partial charge in [0.15, 0.2) is 5.78 Å².